The van der Waals surface area contributed by atoms with Crippen molar-refractivity contribution in [3.05, 3.63) is 66.1 Å². The van der Waals surface area contributed by atoms with E-state index in [0.29, 0.717) is 42.6 Å². The summed E-state index contributed by atoms with van der Waals surface area (Å²) in [7, 11) is 0. The number of benzene rings is 2. The van der Waals surface area contributed by atoms with Gasteiger partial charge in [-0.05, 0) is 61.4 Å². The normalized spacial score (nSPS) is 10.7. The number of amides is 1. The van der Waals surface area contributed by atoms with E-state index in [1.807, 2.05) is 0 Å². The summed E-state index contributed by atoms with van der Waals surface area (Å²) >= 11 is 0. The van der Waals surface area contributed by atoms with E-state index >= 15 is 0 Å². The summed E-state index contributed by atoms with van der Waals surface area (Å²) < 4.78 is 36.4. The third-order valence-corrected chi connectivity index (χ3v) is 4.11. The summed E-state index contributed by atoms with van der Waals surface area (Å²) in [6.45, 7) is 1.03. The molecule has 0 saturated heterocycles. The Balaban J connectivity index is 1.29. The highest BCUT2D eigenvalue weighted by molar-refractivity contribution is 5.75. The fourth-order valence-electron chi connectivity index (χ4n) is 2.56. The number of aromatic nitrogens is 2. The molecule has 0 spiro atoms. The van der Waals surface area contributed by atoms with Crippen molar-refractivity contribution in [3.8, 4) is 17.1 Å². The Labute approximate surface area is 166 Å². The lowest BCUT2D eigenvalue weighted by molar-refractivity contribution is -0.121. The Morgan fingerprint density at radius 3 is 2.41 bits per heavy atom. The van der Waals surface area contributed by atoms with Crippen LogP contribution in [0, 0.1) is 11.6 Å². The van der Waals surface area contributed by atoms with E-state index in [-0.39, 0.29) is 24.0 Å². The summed E-state index contributed by atoms with van der Waals surface area (Å²) in [6, 6.07) is 11.6. The van der Waals surface area contributed by atoms with Gasteiger partial charge in [-0.3, -0.25) is 4.79 Å². The molecule has 6 nitrogen and oxygen atoms in total. The minimum absolute atomic E-state index is 0.106. The predicted octanol–water partition coefficient (Wildman–Crippen LogP) is 3.92. The molecule has 1 N–H and O–H groups in total. The van der Waals surface area contributed by atoms with Crippen LogP contribution >= 0.6 is 0 Å². The van der Waals surface area contributed by atoms with E-state index in [9.17, 15) is 13.6 Å². The second-order valence-corrected chi connectivity index (χ2v) is 6.38. The molecule has 1 aromatic heterocycles. The molecule has 0 aliphatic heterocycles. The summed E-state index contributed by atoms with van der Waals surface area (Å²) in [4.78, 5) is 16.1. The summed E-state index contributed by atoms with van der Waals surface area (Å²) in [5.41, 5.74) is 0.647. The fraction of sp³-hybridized carbons (Fsp3) is 0.286. The molecule has 0 radical (unpaired) electrons. The molecule has 0 aliphatic carbocycles. The minimum Gasteiger partial charge on any atom is -0.494 e. The lowest BCUT2D eigenvalue weighted by atomic mass is 10.2. The van der Waals surface area contributed by atoms with Crippen LogP contribution in [-0.2, 0) is 11.2 Å². The van der Waals surface area contributed by atoms with Crippen LogP contribution in [0.2, 0.25) is 0 Å². The zero-order valence-electron chi connectivity index (χ0n) is 15.7. The van der Waals surface area contributed by atoms with Crippen molar-refractivity contribution in [1.29, 1.82) is 0 Å². The largest absolute Gasteiger partial charge is 0.494 e. The van der Waals surface area contributed by atoms with Crippen molar-refractivity contribution in [1.82, 2.24) is 15.5 Å². The molecule has 0 fully saturated rings. The van der Waals surface area contributed by atoms with Crippen molar-refractivity contribution < 1.29 is 22.8 Å². The van der Waals surface area contributed by atoms with E-state index in [1.165, 1.54) is 24.3 Å². The molecule has 3 rings (SSSR count). The van der Waals surface area contributed by atoms with Crippen molar-refractivity contribution in [2.45, 2.75) is 25.7 Å². The van der Waals surface area contributed by atoms with E-state index in [2.05, 4.69) is 15.5 Å². The Morgan fingerprint density at radius 2 is 1.69 bits per heavy atom. The van der Waals surface area contributed by atoms with Gasteiger partial charge in [0.05, 0.1) is 6.61 Å². The number of halogens is 2. The van der Waals surface area contributed by atoms with E-state index in [4.69, 9.17) is 9.26 Å². The number of hydrogen-bond donors (Lipinski definition) is 1. The van der Waals surface area contributed by atoms with Gasteiger partial charge >= 0.3 is 0 Å². The van der Waals surface area contributed by atoms with Crippen LogP contribution in [0.25, 0.3) is 11.4 Å². The number of ether oxygens (including phenoxy) is 1. The molecule has 0 bridgehead atoms. The van der Waals surface area contributed by atoms with Gasteiger partial charge in [0.15, 0.2) is 0 Å². The van der Waals surface area contributed by atoms with E-state index in [1.54, 1.807) is 24.3 Å². The lowest BCUT2D eigenvalue weighted by Gasteiger charge is -2.07. The maximum Gasteiger partial charge on any atom is 0.227 e. The van der Waals surface area contributed by atoms with Crippen LogP contribution in [0.3, 0.4) is 0 Å². The molecule has 152 valence electrons. The molecular weight excluding hydrogens is 380 g/mol. The van der Waals surface area contributed by atoms with Crippen LogP contribution in [0.4, 0.5) is 8.78 Å². The molecular formula is C21H21F2N3O3. The monoisotopic (exact) mass is 401 g/mol. The quantitative estimate of drug-likeness (QED) is 0.521. The topological polar surface area (TPSA) is 77.2 Å². The van der Waals surface area contributed by atoms with Gasteiger partial charge in [0.2, 0.25) is 17.6 Å². The molecule has 0 aliphatic rings. The number of carbonyl (C=O) groups excluding carboxylic acids is 1. The SMILES string of the molecule is O=C(CCc1nc(-c2ccc(F)cc2)no1)NCCCCOc1ccc(F)cc1. The van der Waals surface area contributed by atoms with Crippen LogP contribution in [0.1, 0.15) is 25.2 Å². The van der Waals surface area contributed by atoms with Crippen molar-refractivity contribution >= 4 is 5.91 Å². The van der Waals surface area contributed by atoms with Crippen LogP contribution in [0.15, 0.2) is 53.1 Å². The average molecular weight is 401 g/mol. The summed E-state index contributed by atoms with van der Waals surface area (Å²) in [5, 5.41) is 6.67. The zero-order valence-corrected chi connectivity index (χ0v) is 15.7. The maximum atomic E-state index is 13.0. The number of nitrogens with one attached hydrogen (secondary N) is 1. The first kappa shape index (κ1) is 20.4. The molecule has 0 unspecified atom stereocenters. The molecule has 29 heavy (non-hydrogen) atoms. The molecule has 1 amide bonds. The van der Waals surface area contributed by atoms with Crippen molar-refractivity contribution in [2.24, 2.45) is 0 Å². The first-order valence-corrected chi connectivity index (χ1v) is 9.34. The number of rotatable bonds is 10. The van der Waals surface area contributed by atoms with E-state index in [0.717, 1.165) is 12.8 Å². The number of nitrogens with zero attached hydrogens (tertiary/aromatic N) is 2. The summed E-state index contributed by atoms with van der Waals surface area (Å²) in [6.07, 6.45) is 2.09. The first-order valence-electron chi connectivity index (χ1n) is 9.34. The van der Waals surface area contributed by atoms with Gasteiger partial charge in [0, 0.05) is 24.9 Å². The summed E-state index contributed by atoms with van der Waals surface area (Å²) in [5.74, 6) is 0.596. The highest BCUT2D eigenvalue weighted by Crippen LogP contribution is 2.16. The molecule has 3 aromatic rings. The van der Waals surface area contributed by atoms with Crippen LogP contribution in [0.5, 0.6) is 5.75 Å². The van der Waals surface area contributed by atoms with Gasteiger partial charge < -0.3 is 14.6 Å². The Hall–Kier alpha value is -3.29. The van der Waals surface area contributed by atoms with Crippen LogP contribution < -0.4 is 10.1 Å². The van der Waals surface area contributed by atoms with Gasteiger partial charge in [-0.15, -0.1) is 0 Å². The van der Waals surface area contributed by atoms with Gasteiger partial charge in [0.1, 0.15) is 17.4 Å². The molecule has 2 aromatic carbocycles. The molecule has 8 heteroatoms. The van der Waals surface area contributed by atoms with Crippen LogP contribution in [-0.4, -0.2) is 29.2 Å². The minimum atomic E-state index is -0.337. The van der Waals surface area contributed by atoms with Gasteiger partial charge in [-0.2, -0.15) is 4.98 Å². The van der Waals surface area contributed by atoms with Gasteiger partial charge in [-0.1, -0.05) is 5.16 Å². The second-order valence-electron chi connectivity index (χ2n) is 6.38. The Morgan fingerprint density at radius 1 is 1.00 bits per heavy atom. The highest BCUT2D eigenvalue weighted by atomic mass is 19.1. The Kier molecular flexibility index (Phi) is 7.27. The van der Waals surface area contributed by atoms with Crippen molar-refractivity contribution in [2.75, 3.05) is 13.2 Å². The molecule has 1 heterocycles. The number of unbranched alkanes of at least 4 members (excludes halogenated alkanes) is 1. The molecule has 0 atom stereocenters. The molecule has 0 saturated carbocycles. The fourth-order valence-corrected chi connectivity index (χ4v) is 2.56. The average Bonchev–Trinajstić information content (AvgIpc) is 3.20. The first-order chi connectivity index (χ1) is 14.1. The second kappa shape index (κ2) is 10.3. The number of carbonyl (C=O) groups is 1. The maximum absolute atomic E-state index is 13.0. The predicted molar refractivity (Wildman–Crippen MR) is 102 cm³/mol. The number of hydrogen-bond acceptors (Lipinski definition) is 5. The van der Waals surface area contributed by atoms with Gasteiger partial charge in [-0.25, -0.2) is 8.78 Å². The smallest absolute Gasteiger partial charge is 0.227 e. The Bertz CT molecular complexity index is 912. The zero-order chi connectivity index (χ0) is 20.5. The highest BCUT2D eigenvalue weighted by Gasteiger charge is 2.10. The third-order valence-electron chi connectivity index (χ3n) is 4.11. The third kappa shape index (κ3) is 6.67. The van der Waals surface area contributed by atoms with Crippen molar-refractivity contribution in [3.63, 3.8) is 0 Å². The van der Waals surface area contributed by atoms with Gasteiger partial charge in [0.25, 0.3) is 0 Å². The van der Waals surface area contributed by atoms with E-state index < -0.39 is 0 Å². The lowest BCUT2D eigenvalue weighted by Crippen LogP contribution is -2.25. The standard InChI is InChI=1S/C21H21F2N3O3/c22-16-5-3-15(4-6-16)21-25-20(29-26-21)12-11-19(27)24-13-1-2-14-28-18-9-7-17(23)8-10-18/h3-10H,1-2,11-14H2,(H,24,27). The number of aryl methyl sites for hydroxylation is 1.